The zero-order chi connectivity index (χ0) is 28.8. The van der Waals surface area contributed by atoms with Crippen LogP contribution in [0.3, 0.4) is 0 Å². The molecule has 3 fully saturated rings. The highest BCUT2D eigenvalue weighted by atomic mass is 19.1. The molecule has 216 valence electrons. The summed E-state index contributed by atoms with van der Waals surface area (Å²) >= 11 is 0. The van der Waals surface area contributed by atoms with Crippen LogP contribution in [-0.2, 0) is 20.7 Å². The second-order valence-corrected chi connectivity index (χ2v) is 11.1. The van der Waals surface area contributed by atoms with Crippen molar-refractivity contribution in [1.82, 2.24) is 20.9 Å². The van der Waals surface area contributed by atoms with E-state index in [1.807, 2.05) is 36.4 Å². The molecule has 4 atom stereocenters. The van der Waals surface area contributed by atoms with E-state index in [0.29, 0.717) is 31.7 Å². The number of nitrogens with zero attached hydrogens (tertiary/aromatic N) is 1. The zero-order valence-corrected chi connectivity index (χ0v) is 23.3. The summed E-state index contributed by atoms with van der Waals surface area (Å²) in [7, 11) is 1.69. The number of benzene rings is 2. The van der Waals surface area contributed by atoms with Crippen LogP contribution in [0.1, 0.15) is 52.7 Å². The molecule has 3 amide bonds. The molecule has 0 unspecified atom stereocenters. The van der Waals surface area contributed by atoms with Gasteiger partial charge in [0.15, 0.2) is 0 Å². The van der Waals surface area contributed by atoms with Crippen LogP contribution in [0.4, 0.5) is 4.39 Å². The molecule has 3 aliphatic rings. The van der Waals surface area contributed by atoms with Gasteiger partial charge in [0.25, 0.3) is 5.91 Å². The van der Waals surface area contributed by atoms with Gasteiger partial charge in [-0.1, -0.05) is 24.0 Å². The molecule has 0 radical (unpaired) electrons. The number of halogens is 1. The SMILES string of the molecule is COCCc1ccc(C#Cc2ccc(C(=O)NC[C@H]3C[C@@H](NC(=O)[C@@H]4C[C@H](F)CN4)CN3C(=O)C3CC3)cc2)cc1. The average Bonchev–Trinajstić information content (AvgIpc) is 3.63. The van der Waals surface area contributed by atoms with Crippen LogP contribution in [-0.4, -0.2) is 80.3 Å². The average molecular weight is 561 g/mol. The van der Waals surface area contributed by atoms with Crippen molar-refractivity contribution >= 4 is 17.7 Å². The smallest absolute Gasteiger partial charge is 0.251 e. The van der Waals surface area contributed by atoms with Crippen molar-refractivity contribution in [2.75, 3.05) is 33.4 Å². The molecule has 2 aromatic carbocycles. The van der Waals surface area contributed by atoms with Gasteiger partial charge in [0.05, 0.1) is 18.7 Å². The Hall–Kier alpha value is -3.74. The molecule has 0 spiro atoms. The first-order valence-corrected chi connectivity index (χ1v) is 14.4. The summed E-state index contributed by atoms with van der Waals surface area (Å²) in [4.78, 5) is 40.3. The minimum Gasteiger partial charge on any atom is -0.384 e. The summed E-state index contributed by atoms with van der Waals surface area (Å²) in [6, 6.07) is 14.2. The molecule has 0 bridgehead atoms. The van der Waals surface area contributed by atoms with Crippen molar-refractivity contribution < 1.29 is 23.5 Å². The lowest BCUT2D eigenvalue weighted by Gasteiger charge is -2.25. The van der Waals surface area contributed by atoms with Gasteiger partial charge < -0.3 is 25.6 Å². The Labute approximate surface area is 240 Å². The summed E-state index contributed by atoms with van der Waals surface area (Å²) in [6.45, 7) is 1.56. The molecule has 1 aliphatic carbocycles. The van der Waals surface area contributed by atoms with Gasteiger partial charge in [-0.15, -0.1) is 0 Å². The first-order valence-electron chi connectivity index (χ1n) is 14.4. The fourth-order valence-corrected chi connectivity index (χ4v) is 5.38. The van der Waals surface area contributed by atoms with Crippen molar-refractivity contribution in [3.8, 4) is 11.8 Å². The van der Waals surface area contributed by atoms with E-state index in [0.717, 1.165) is 30.4 Å². The topological polar surface area (TPSA) is 99.8 Å². The van der Waals surface area contributed by atoms with Gasteiger partial charge in [0, 0.05) is 61.8 Å². The Morgan fingerprint density at radius 2 is 1.71 bits per heavy atom. The van der Waals surface area contributed by atoms with E-state index in [-0.39, 0.29) is 48.7 Å². The molecule has 5 rings (SSSR count). The first kappa shape index (κ1) is 28.8. The van der Waals surface area contributed by atoms with E-state index in [1.165, 1.54) is 5.56 Å². The largest absolute Gasteiger partial charge is 0.384 e. The van der Waals surface area contributed by atoms with Crippen molar-refractivity contribution in [1.29, 1.82) is 0 Å². The maximum Gasteiger partial charge on any atom is 0.251 e. The van der Waals surface area contributed by atoms with Gasteiger partial charge in [-0.05, 0) is 67.6 Å². The highest BCUT2D eigenvalue weighted by Gasteiger charge is 2.42. The summed E-state index contributed by atoms with van der Waals surface area (Å²) in [5.41, 5.74) is 3.42. The van der Waals surface area contributed by atoms with E-state index in [9.17, 15) is 18.8 Å². The molecule has 2 saturated heterocycles. The quantitative estimate of drug-likeness (QED) is 0.409. The Balaban J connectivity index is 1.14. The lowest BCUT2D eigenvalue weighted by atomic mass is 10.1. The second kappa shape index (κ2) is 13.3. The van der Waals surface area contributed by atoms with Crippen LogP contribution in [0.25, 0.3) is 0 Å². The van der Waals surface area contributed by atoms with Crippen molar-refractivity contribution in [3.05, 3.63) is 70.8 Å². The van der Waals surface area contributed by atoms with E-state index in [2.05, 4.69) is 27.8 Å². The summed E-state index contributed by atoms with van der Waals surface area (Å²) in [6.07, 6.45) is 2.30. The van der Waals surface area contributed by atoms with Gasteiger partial charge in [0.2, 0.25) is 11.8 Å². The fourth-order valence-electron chi connectivity index (χ4n) is 5.38. The predicted molar refractivity (Wildman–Crippen MR) is 153 cm³/mol. The van der Waals surface area contributed by atoms with Crippen LogP contribution in [0, 0.1) is 17.8 Å². The van der Waals surface area contributed by atoms with E-state index >= 15 is 0 Å². The molecule has 9 heteroatoms. The maximum absolute atomic E-state index is 13.5. The molecule has 41 heavy (non-hydrogen) atoms. The second-order valence-electron chi connectivity index (χ2n) is 11.1. The number of likely N-dealkylation sites (tertiary alicyclic amines) is 1. The van der Waals surface area contributed by atoms with Gasteiger partial charge >= 0.3 is 0 Å². The van der Waals surface area contributed by atoms with Crippen LogP contribution in [0.2, 0.25) is 0 Å². The monoisotopic (exact) mass is 560 g/mol. The van der Waals surface area contributed by atoms with E-state index in [1.54, 1.807) is 24.1 Å². The predicted octanol–water partition coefficient (Wildman–Crippen LogP) is 2.20. The molecule has 1 saturated carbocycles. The Morgan fingerprint density at radius 1 is 1.02 bits per heavy atom. The number of alkyl halides is 1. The fraction of sp³-hybridized carbons (Fsp3) is 0.469. The number of ether oxygens (including phenoxy) is 1. The van der Waals surface area contributed by atoms with E-state index < -0.39 is 12.2 Å². The minimum atomic E-state index is -1.02. The van der Waals surface area contributed by atoms with E-state index in [4.69, 9.17) is 4.74 Å². The zero-order valence-electron chi connectivity index (χ0n) is 23.3. The molecule has 2 aromatic rings. The summed E-state index contributed by atoms with van der Waals surface area (Å²) < 4.78 is 18.6. The molecule has 0 aromatic heterocycles. The first-order chi connectivity index (χ1) is 19.9. The Bertz CT molecular complexity index is 1300. The van der Waals surface area contributed by atoms with Crippen LogP contribution >= 0.6 is 0 Å². The maximum atomic E-state index is 13.5. The third kappa shape index (κ3) is 7.72. The number of methoxy groups -OCH3 is 1. The number of hydrogen-bond acceptors (Lipinski definition) is 5. The molecule has 2 heterocycles. The summed E-state index contributed by atoms with van der Waals surface area (Å²) in [5.74, 6) is 5.93. The van der Waals surface area contributed by atoms with Crippen LogP contribution in [0.5, 0.6) is 0 Å². The standard InChI is InChI=1S/C32H37FN4O4/c1-41-15-14-23-6-4-21(5-7-23)2-3-22-8-10-24(11-9-22)30(38)35-19-28-17-27(20-37(28)32(40)25-12-13-25)36-31(39)29-16-26(33)18-34-29/h4-11,25-29,34H,12-20H2,1H3,(H,35,38)(H,36,39)/t26-,27+,28+,29-/m0/s1. The number of hydrogen-bond donors (Lipinski definition) is 3. The molecular weight excluding hydrogens is 523 g/mol. The number of amides is 3. The highest BCUT2D eigenvalue weighted by Crippen LogP contribution is 2.33. The third-order valence-corrected chi connectivity index (χ3v) is 7.91. The normalized spacial score (nSPS) is 23.5. The Kier molecular flexibility index (Phi) is 9.32. The highest BCUT2D eigenvalue weighted by molar-refractivity contribution is 5.94. The van der Waals surface area contributed by atoms with Gasteiger partial charge in [0.1, 0.15) is 6.17 Å². The number of rotatable bonds is 9. The van der Waals surface area contributed by atoms with Crippen LogP contribution in [0.15, 0.2) is 48.5 Å². The minimum absolute atomic E-state index is 0.0358. The van der Waals surface area contributed by atoms with Gasteiger partial charge in [-0.3, -0.25) is 14.4 Å². The van der Waals surface area contributed by atoms with Crippen LogP contribution < -0.4 is 16.0 Å². The third-order valence-electron chi connectivity index (χ3n) is 7.91. The van der Waals surface area contributed by atoms with Crippen molar-refractivity contribution in [2.45, 2.75) is 56.4 Å². The number of carbonyl (C=O) groups is 3. The lowest BCUT2D eigenvalue weighted by Crippen LogP contribution is -2.46. The van der Waals surface area contributed by atoms with Gasteiger partial charge in [-0.25, -0.2) is 4.39 Å². The number of carbonyl (C=O) groups excluding carboxylic acids is 3. The number of nitrogens with one attached hydrogen (secondary N) is 3. The Morgan fingerprint density at radius 3 is 2.32 bits per heavy atom. The molecular formula is C32H37FN4O4. The lowest BCUT2D eigenvalue weighted by molar-refractivity contribution is -0.133. The molecule has 3 N–H and O–H groups in total. The molecule has 2 aliphatic heterocycles. The summed E-state index contributed by atoms with van der Waals surface area (Å²) in [5, 5.41) is 8.85. The van der Waals surface area contributed by atoms with Crippen molar-refractivity contribution in [3.63, 3.8) is 0 Å². The van der Waals surface area contributed by atoms with Gasteiger partial charge in [-0.2, -0.15) is 0 Å². The molecule has 8 nitrogen and oxygen atoms in total. The van der Waals surface area contributed by atoms with Crippen molar-refractivity contribution in [2.24, 2.45) is 5.92 Å².